The van der Waals surface area contributed by atoms with Gasteiger partial charge in [0.1, 0.15) is 23.5 Å². The third kappa shape index (κ3) is 3.21. The Balaban J connectivity index is 1.69. The summed E-state index contributed by atoms with van der Waals surface area (Å²) >= 11 is 6.08. The highest BCUT2D eigenvalue weighted by Gasteiger charge is 2.47. The molecule has 2 atom stereocenters. The molecular weight excluding hydrogens is 374 g/mol. The number of nitrogens with zero attached hydrogens (tertiary/aromatic N) is 1. The number of carbonyl (C=O) groups excluding carboxylic acids is 2. The van der Waals surface area contributed by atoms with Crippen LogP contribution in [0.3, 0.4) is 0 Å². The number of fused-ring (bicyclic) bond motifs is 2. The van der Waals surface area contributed by atoms with Gasteiger partial charge in [0.25, 0.3) is 0 Å². The van der Waals surface area contributed by atoms with Crippen molar-refractivity contribution in [2.75, 3.05) is 0 Å². The lowest BCUT2D eigenvalue weighted by molar-refractivity contribution is -0.135. The summed E-state index contributed by atoms with van der Waals surface area (Å²) in [6.45, 7) is 2.02. The van der Waals surface area contributed by atoms with Gasteiger partial charge in [-0.15, -0.1) is 0 Å². The maximum atomic E-state index is 12.9. The van der Waals surface area contributed by atoms with Crippen molar-refractivity contribution in [1.82, 2.24) is 0 Å². The maximum absolute atomic E-state index is 12.9. The Hall–Kier alpha value is -2.64. The zero-order chi connectivity index (χ0) is 19.8. The van der Waals surface area contributed by atoms with E-state index in [-0.39, 0.29) is 23.4 Å². The van der Waals surface area contributed by atoms with E-state index in [1.807, 2.05) is 31.2 Å². The molecule has 0 spiro atoms. The molecule has 0 aliphatic heterocycles. The summed E-state index contributed by atoms with van der Waals surface area (Å²) in [7, 11) is 0. The third-order valence-corrected chi connectivity index (χ3v) is 6.23. The topological polar surface area (TPSA) is 67.2 Å². The van der Waals surface area contributed by atoms with Gasteiger partial charge in [0.05, 0.1) is 10.6 Å². The van der Waals surface area contributed by atoms with E-state index in [1.54, 1.807) is 18.2 Å². The third-order valence-electron chi connectivity index (χ3n) is 5.91. The molecule has 0 amide bonds. The van der Waals surface area contributed by atoms with Crippen LogP contribution >= 0.6 is 11.6 Å². The van der Waals surface area contributed by atoms with Gasteiger partial charge in [-0.25, -0.2) is 0 Å². The molecule has 0 radical (unpaired) electrons. The number of nitriles is 1. The van der Waals surface area contributed by atoms with E-state index in [9.17, 15) is 9.59 Å². The lowest BCUT2D eigenvalue weighted by Crippen LogP contribution is -2.35. The molecule has 2 aliphatic carbocycles. The predicted octanol–water partition coefficient (Wildman–Crippen LogP) is 5.22. The first-order valence-corrected chi connectivity index (χ1v) is 9.97. The largest absolute Gasteiger partial charge is 0.457 e. The van der Waals surface area contributed by atoms with Gasteiger partial charge >= 0.3 is 0 Å². The van der Waals surface area contributed by atoms with Crippen molar-refractivity contribution in [3.8, 4) is 17.6 Å². The second-order valence-electron chi connectivity index (χ2n) is 7.51. The number of aryl methyl sites for hydroxylation is 1. The van der Waals surface area contributed by atoms with Crippen LogP contribution in [0, 0.1) is 23.2 Å². The minimum Gasteiger partial charge on any atom is -0.457 e. The number of rotatable bonds is 4. The van der Waals surface area contributed by atoms with Crippen LogP contribution in [0.15, 0.2) is 36.4 Å². The molecule has 0 saturated heterocycles. The van der Waals surface area contributed by atoms with E-state index in [0.717, 1.165) is 36.8 Å². The van der Waals surface area contributed by atoms with Gasteiger partial charge in [-0.05, 0) is 61.1 Å². The van der Waals surface area contributed by atoms with Gasteiger partial charge < -0.3 is 4.74 Å². The molecule has 0 heterocycles. The Labute approximate surface area is 169 Å². The second-order valence-corrected chi connectivity index (χ2v) is 7.92. The molecule has 5 heteroatoms. The van der Waals surface area contributed by atoms with Crippen molar-refractivity contribution < 1.29 is 14.3 Å². The zero-order valence-electron chi connectivity index (χ0n) is 15.6. The SMILES string of the molecule is CCc1ccc(Oc2ccc(C#N)c(Cl)c2)cc1C1C(=O)C2CCC(C2)C1=O. The van der Waals surface area contributed by atoms with Gasteiger partial charge in [0.2, 0.25) is 0 Å². The molecule has 2 bridgehead atoms. The van der Waals surface area contributed by atoms with E-state index >= 15 is 0 Å². The van der Waals surface area contributed by atoms with Crippen molar-refractivity contribution in [1.29, 1.82) is 5.26 Å². The summed E-state index contributed by atoms with van der Waals surface area (Å²) < 4.78 is 5.91. The first-order chi connectivity index (χ1) is 13.5. The fourth-order valence-electron chi connectivity index (χ4n) is 4.43. The Kier molecular flexibility index (Phi) is 4.95. The van der Waals surface area contributed by atoms with Crippen molar-refractivity contribution >= 4 is 23.2 Å². The predicted molar refractivity (Wildman–Crippen MR) is 106 cm³/mol. The molecule has 2 aromatic carbocycles. The van der Waals surface area contributed by atoms with Gasteiger partial charge in [0.15, 0.2) is 11.6 Å². The van der Waals surface area contributed by atoms with E-state index in [4.69, 9.17) is 21.6 Å². The van der Waals surface area contributed by atoms with Crippen molar-refractivity contribution in [3.05, 3.63) is 58.1 Å². The second kappa shape index (κ2) is 7.41. The molecular formula is C23H20ClNO3. The van der Waals surface area contributed by atoms with Crippen LogP contribution in [0.25, 0.3) is 0 Å². The average Bonchev–Trinajstić information content (AvgIpc) is 3.14. The summed E-state index contributed by atoms with van der Waals surface area (Å²) in [6, 6.07) is 12.5. The van der Waals surface area contributed by atoms with Gasteiger partial charge in [0, 0.05) is 17.9 Å². The Morgan fingerprint density at radius 1 is 1.07 bits per heavy atom. The lowest BCUT2D eigenvalue weighted by atomic mass is 9.74. The van der Waals surface area contributed by atoms with Gasteiger partial charge in [-0.1, -0.05) is 24.6 Å². The van der Waals surface area contributed by atoms with E-state index in [0.29, 0.717) is 22.1 Å². The minimum absolute atomic E-state index is 0.0133. The fraction of sp³-hybridized carbons (Fsp3) is 0.348. The number of halogens is 1. The number of carbonyl (C=O) groups is 2. The fourth-order valence-corrected chi connectivity index (χ4v) is 4.64. The Bertz CT molecular complexity index is 985. The normalized spacial score (nSPS) is 23.5. The van der Waals surface area contributed by atoms with Crippen molar-refractivity contribution in [2.45, 2.75) is 38.5 Å². The Morgan fingerprint density at radius 3 is 2.32 bits per heavy atom. The van der Waals surface area contributed by atoms with Crippen LogP contribution in [0.1, 0.15) is 48.8 Å². The number of ketones is 2. The van der Waals surface area contributed by atoms with E-state index < -0.39 is 5.92 Å². The molecule has 2 unspecified atom stereocenters. The smallest absolute Gasteiger partial charge is 0.150 e. The molecule has 2 fully saturated rings. The molecule has 0 N–H and O–H groups in total. The number of hydrogen-bond donors (Lipinski definition) is 0. The summed E-state index contributed by atoms with van der Waals surface area (Å²) in [6.07, 6.45) is 3.11. The molecule has 2 aromatic rings. The first kappa shape index (κ1) is 18.7. The number of benzene rings is 2. The van der Waals surface area contributed by atoms with Crippen LogP contribution in [0.5, 0.6) is 11.5 Å². The highest BCUT2D eigenvalue weighted by Crippen LogP contribution is 2.45. The number of Topliss-reactive ketones (excluding diaryl/α,β-unsaturated/α-hetero) is 2. The van der Waals surface area contributed by atoms with Crippen LogP contribution in [-0.4, -0.2) is 11.6 Å². The highest BCUT2D eigenvalue weighted by molar-refractivity contribution is 6.31. The first-order valence-electron chi connectivity index (χ1n) is 9.59. The standard InChI is InChI=1S/C23H20ClNO3/c1-2-13-5-7-17(28-18-8-6-16(12-25)20(24)11-18)10-19(13)21-22(26)14-3-4-15(9-14)23(21)27/h5-8,10-11,14-15,21H,2-4,9H2,1H3. The van der Waals surface area contributed by atoms with Crippen LogP contribution in [-0.2, 0) is 16.0 Å². The molecule has 0 aromatic heterocycles. The number of ether oxygens (including phenoxy) is 1. The van der Waals surface area contributed by atoms with Gasteiger partial charge in [-0.2, -0.15) is 5.26 Å². The highest BCUT2D eigenvalue weighted by atomic mass is 35.5. The Morgan fingerprint density at radius 2 is 1.71 bits per heavy atom. The van der Waals surface area contributed by atoms with E-state index in [2.05, 4.69) is 0 Å². The van der Waals surface area contributed by atoms with Crippen molar-refractivity contribution in [2.24, 2.45) is 11.8 Å². The molecule has 142 valence electrons. The number of hydrogen-bond acceptors (Lipinski definition) is 4. The molecule has 2 saturated carbocycles. The molecule has 4 rings (SSSR count). The van der Waals surface area contributed by atoms with Crippen molar-refractivity contribution in [3.63, 3.8) is 0 Å². The van der Waals surface area contributed by atoms with Crippen LogP contribution in [0.4, 0.5) is 0 Å². The van der Waals surface area contributed by atoms with Crippen LogP contribution < -0.4 is 4.74 Å². The average molecular weight is 394 g/mol. The van der Waals surface area contributed by atoms with Gasteiger partial charge in [-0.3, -0.25) is 9.59 Å². The molecule has 2 aliphatic rings. The van der Waals surface area contributed by atoms with E-state index in [1.165, 1.54) is 0 Å². The minimum atomic E-state index is -0.672. The quantitative estimate of drug-likeness (QED) is 0.668. The summed E-state index contributed by atoms with van der Waals surface area (Å²) in [4.78, 5) is 25.9. The monoisotopic (exact) mass is 393 g/mol. The summed E-state index contributed by atoms with van der Waals surface area (Å²) in [5.41, 5.74) is 2.15. The van der Waals surface area contributed by atoms with Crippen LogP contribution in [0.2, 0.25) is 5.02 Å². The zero-order valence-corrected chi connectivity index (χ0v) is 16.3. The molecule has 28 heavy (non-hydrogen) atoms. The summed E-state index contributed by atoms with van der Waals surface area (Å²) in [5.74, 6) is 0.527. The maximum Gasteiger partial charge on any atom is 0.150 e. The molecule has 4 nitrogen and oxygen atoms in total. The summed E-state index contributed by atoms with van der Waals surface area (Å²) in [5, 5.41) is 9.31. The lowest BCUT2D eigenvalue weighted by Gasteiger charge is -2.27.